The van der Waals surface area contributed by atoms with E-state index < -0.39 is 0 Å². The summed E-state index contributed by atoms with van der Waals surface area (Å²) in [5.41, 5.74) is 3.21. The normalized spacial score (nSPS) is 11.1. The number of para-hydroxylation sites is 1. The number of anilines is 1. The zero-order chi connectivity index (χ0) is 14.2. The molecule has 0 aliphatic carbocycles. The monoisotopic (exact) mass is 276 g/mol. The number of pyridine rings is 1. The van der Waals surface area contributed by atoms with Gasteiger partial charge in [-0.15, -0.1) is 0 Å². The molecule has 4 aromatic rings. The maximum absolute atomic E-state index is 4.69. The van der Waals surface area contributed by atoms with Gasteiger partial charge in [0.2, 0.25) is 5.95 Å². The second-order valence-corrected chi connectivity index (χ2v) is 4.67. The van der Waals surface area contributed by atoms with Gasteiger partial charge in [-0.3, -0.25) is 5.10 Å². The summed E-state index contributed by atoms with van der Waals surface area (Å²) < 4.78 is 0. The number of fused-ring (bicyclic) bond motifs is 2. The van der Waals surface area contributed by atoms with Crippen LogP contribution in [0, 0.1) is 0 Å². The van der Waals surface area contributed by atoms with Crippen LogP contribution in [0.3, 0.4) is 0 Å². The molecule has 102 valence electrons. The molecule has 0 aliphatic rings. The Hall–Kier alpha value is -3.02. The van der Waals surface area contributed by atoms with Crippen LogP contribution >= 0.6 is 0 Å². The van der Waals surface area contributed by atoms with Crippen LogP contribution < -0.4 is 5.32 Å². The number of H-pyrrole nitrogens is 1. The van der Waals surface area contributed by atoms with Crippen molar-refractivity contribution < 1.29 is 0 Å². The summed E-state index contributed by atoms with van der Waals surface area (Å²) in [7, 11) is 1.79. The number of nitrogens with one attached hydrogen (secondary N) is 2. The van der Waals surface area contributed by atoms with E-state index in [4.69, 9.17) is 4.98 Å². The van der Waals surface area contributed by atoms with Crippen LogP contribution in [0.15, 0.2) is 42.6 Å². The van der Waals surface area contributed by atoms with Crippen molar-refractivity contribution in [3.8, 4) is 11.4 Å². The Bertz CT molecular complexity index is 943. The molecule has 0 radical (unpaired) electrons. The zero-order valence-electron chi connectivity index (χ0n) is 11.3. The predicted molar refractivity (Wildman–Crippen MR) is 82.0 cm³/mol. The minimum Gasteiger partial charge on any atom is -0.357 e. The maximum Gasteiger partial charge on any atom is 0.225 e. The Morgan fingerprint density at radius 2 is 1.90 bits per heavy atom. The van der Waals surface area contributed by atoms with Gasteiger partial charge in [0, 0.05) is 12.4 Å². The minimum atomic E-state index is 0.539. The lowest BCUT2D eigenvalue weighted by Crippen LogP contribution is -1.99. The third-order valence-electron chi connectivity index (χ3n) is 3.37. The zero-order valence-corrected chi connectivity index (χ0v) is 11.3. The van der Waals surface area contributed by atoms with Crippen molar-refractivity contribution in [1.82, 2.24) is 25.1 Å². The predicted octanol–water partition coefficient (Wildman–Crippen LogP) is 2.61. The summed E-state index contributed by atoms with van der Waals surface area (Å²) in [6.45, 7) is 0. The van der Waals surface area contributed by atoms with E-state index >= 15 is 0 Å². The van der Waals surface area contributed by atoms with Gasteiger partial charge in [-0.2, -0.15) is 10.1 Å². The molecule has 1 aromatic carbocycles. The van der Waals surface area contributed by atoms with Crippen molar-refractivity contribution in [2.75, 3.05) is 12.4 Å². The van der Waals surface area contributed by atoms with Gasteiger partial charge in [0.1, 0.15) is 5.69 Å². The smallest absolute Gasteiger partial charge is 0.225 e. The molecule has 21 heavy (non-hydrogen) atoms. The molecule has 3 aromatic heterocycles. The van der Waals surface area contributed by atoms with Gasteiger partial charge < -0.3 is 5.32 Å². The highest BCUT2D eigenvalue weighted by atomic mass is 15.2. The quantitative estimate of drug-likeness (QED) is 0.588. The summed E-state index contributed by atoms with van der Waals surface area (Å²) in [6.07, 6.45) is 1.72. The number of aromatic amines is 1. The van der Waals surface area contributed by atoms with Crippen LogP contribution in [-0.4, -0.2) is 32.2 Å². The molecular weight excluding hydrogens is 264 g/mol. The molecule has 6 heteroatoms. The van der Waals surface area contributed by atoms with E-state index in [9.17, 15) is 0 Å². The first-order valence-corrected chi connectivity index (χ1v) is 6.60. The molecule has 0 fully saturated rings. The molecule has 6 nitrogen and oxygen atoms in total. The molecule has 0 saturated heterocycles. The van der Waals surface area contributed by atoms with Crippen LogP contribution in [0.5, 0.6) is 0 Å². The van der Waals surface area contributed by atoms with E-state index in [0.29, 0.717) is 11.6 Å². The molecular formula is C15H12N6. The van der Waals surface area contributed by atoms with E-state index in [2.05, 4.69) is 25.5 Å². The average Bonchev–Trinajstić information content (AvgIpc) is 3.01. The largest absolute Gasteiger partial charge is 0.357 e. The standard InChI is InChI=1S/C15H12N6/c1-16-15-19-13(10-8-17-21-14(10)20-15)12-7-6-9-4-2-3-5-11(9)18-12/h2-8H,1H3,(H2,16,17,19,20,21). The minimum absolute atomic E-state index is 0.539. The highest BCUT2D eigenvalue weighted by molar-refractivity contribution is 5.91. The van der Waals surface area contributed by atoms with E-state index in [0.717, 1.165) is 27.7 Å². The van der Waals surface area contributed by atoms with E-state index in [1.165, 1.54) is 0 Å². The lowest BCUT2D eigenvalue weighted by molar-refractivity contribution is 1.09. The number of nitrogens with zero attached hydrogens (tertiary/aromatic N) is 4. The molecule has 0 aliphatic heterocycles. The number of rotatable bonds is 2. The van der Waals surface area contributed by atoms with Crippen molar-refractivity contribution >= 4 is 27.9 Å². The van der Waals surface area contributed by atoms with E-state index in [1.54, 1.807) is 13.2 Å². The second-order valence-electron chi connectivity index (χ2n) is 4.67. The Morgan fingerprint density at radius 3 is 2.81 bits per heavy atom. The SMILES string of the molecule is CNc1nc(-c2ccc3ccccc3n2)c2cn[nH]c2n1. The number of hydrogen-bond acceptors (Lipinski definition) is 5. The van der Waals surface area contributed by atoms with Gasteiger partial charge in [-0.1, -0.05) is 24.3 Å². The lowest BCUT2D eigenvalue weighted by atomic mass is 10.1. The van der Waals surface area contributed by atoms with Crippen molar-refractivity contribution in [2.24, 2.45) is 0 Å². The van der Waals surface area contributed by atoms with Gasteiger partial charge in [0.25, 0.3) is 0 Å². The molecule has 0 bridgehead atoms. The molecule has 0 atom stereocenters. The third kappa shape index (κ3) is 1.88. The van der Waals surface area contributed by atoms with Gasteiger partial charge in [0.05, 0.1) is 22.8 Å². The summed E-state index contributed by atoms with van der Waals surface area (Å²) in [5, 5.41) is 11.8. The summed E-state index contributed by atoms with van der Waals surface area (Å²) >= 11 is 0. The van der Waals surface area contributed by atoms with Crippen LogP contribution in [0.4, 0.5) is 5.95 Å². The number of benzene rings is 1. The van der Waals surface area contributed by atoms with Crippen molar-refractivity contribution in [2.45, 2.75) is 0 Å². The first-order valence-electron chi connectivity index (χ1n) is 6.60. The number of hydrogen-bond donors (Lipinski definition) is 2. The fourth-order valence-electron chi connectivity index (χ4n) is 2.34. The van der Waals surface area contributed by atoms with Gasteiger partial charge in [-0.25, -0.2) is 9.97 Å². The topological polar surface area (TPSA) is 79.4 Å². The number of aromatic nitrogens is 5. The van der Waals surface area contributed by atoms with Crippen molar-refractivity contribution in [3.63, 3.8) is 0 Å². The maximum atomic E-state index is 4.69. The van der Waals surface area contributed by atoms with E-state index in [-0.39, 0.29) is 0 Å². The highest BCUT2D eigenvalue weighted by Gasteiger charge is 2.12. The van der Waals surface area contributed by atoms with Crippen LogP contribution in [0.2, 0.25) is 0 Å². The van der Waals surface area contributed by atoms with Crippen LogP contribution in [0.1, 0.15) is 0 Å². The lowest BCUT2D eigenvalue weighted by Gasteiger charge is -2.06. The fraction of sp³-hybridized carbons (Fsp3) is 0.0667. The Balaban J connectivity index is 2.00. The van der Waals surface area contributed by atoms with Gasteiger partial charge in [-0.05, 0) is 12.1 Å². The Labute approximate surface area is 120 Å². The molecule has 0 unspecified atom stereocenters. The fourth-order valence-corrected chi connectivity index (χ4v) is 2.34. The average molecular weight is 276 g/mol. The Kier molecular flexibility index (Phi) is 2.53. The van der Waals surface area contributed by atoms with Gasteiger partial charge in [0.15, 0.2) is 5.65 Å². The van der Waals surface area contributed by atoms with Crippen molar-refractivity contribution in [3.05, 3.63) is 42.6 Å². The summed E-state index contributed by atoms with van der Waals surface area (Å²) in [6, 6.07) is 12.0. The van der Waals surface area contributed by atoms with Crippen LogP contribution in [0.25, 0.3) is 33.3 Å². The molecule has 0 amide bonds. The van der Waals surface area contributed by atoms with Gasteiger partial charge >= 0.3 is 0 Å². The first-order chi connectivity index (χ1) is 10.3. The first kappa shape index (κ1) is 11.8. The molecule has 3 heterocycles. The summed E-state index contributed by atoms with van der Waals surface area (Å²) in [5.74, 6) is 0.539. The van der Waals surface area contributed by atoms with Crippen LogP contribution in [-0.2, 0) is 0 Å². The molecule has 0 saturated carbocycles. The highest BCUT2D eigenvalue weighted by Crippen LogP contribution is 2.26. The third-order valence-corrected chi connectivity index (χ3v) is 3.37. The van der Waals surface area contributed by atoms with Crippen molar-refractivity contribution in [1.29, 1.82) is 0 Å². The summed E-state index contributed by atoms with van der Waals surface area (Å²) in [4.78, 5) is 13.5. The molecule has 4 rings (SSSR count). The second kappa shape index (κ2) is 4.52. The Morgan fingerprint density at radius 1 is 1.00 bits per heavy atom. The molecule has 0 spiro atoms. The molecule has 2 N–H and O–H groups in total. The van der Waals surface area contributed by atoms with E-state index in [1.807, 2.05) is 36.4 Å².